The molecule has 1 atom stereocenters. The zero-order valence-corrected chi connectivity index (χ0v) is 11.1. The number of halogens is 1. The second-order valence-electron chi connectivity index (χ2n) is 4.84. The van der Waals surface area contributed by atoms with Gasteiger partial charge in [0.15, 0.2) is 0 Å². The van der Waals surface area contributed by atoms with Crippen molar-refractivity contribution < 1.29 is 9.53 Å². The summed E-state index contributed by atoms with van der Waals surface area (Å²) >= 11 is 0. The molecule has 2 saturated heterocycles. The molecular formula is C12H23ClN2O2. The van der Waals surface area contributed by atoms with E-state index in [9.17, 15) is 4.79 Å². The van der Waals surface area contributed by atoms with Crippen LogP contribution in [0.15, 0.2) is 0 Å². The number of amides is 1. The number of rotatable bonds is 3. The van der Waals surface area contributed by atoms with Gasteiger partial charge >= 0.3 is 0 Å². The predicted octanol–water partition coefficient (Wildman–Crippen LogP) is 0.951. The molecule has 2 rings (SSSR count). The molecule has 2 heterocycles. The fourth-order valence-corrected chi connectivity index (χ4v) is 2.42. The van der Waals surface area contributed by atoms with Crippen molar-refractivity contribution in [3.05, 3.63) is 0 Å². The summed E-state index contributed by atoms with van der Waals surface area (Å²) < 4.78 is 5.30. The van der Waals surface area contributed by atoms with Gasteiger partial charge in [0.1, 0.15) is 0 Å². The highest BCUT2D eigenvalue weighted by Gasteiger charge is 2.22. The zero-order valence-electron chi connectivity index (χ0n) is 10.2. The van der Waals surface area contributed by atoms with Crippen LogP contribution in [-0.4, -0.2) is 38.8 Å². The molecule has 0 saturated carbocycles. The summed E-state index contributed by atoms with van der Waals surface area (Å²) in [7, 11) is 0. The van der Waals surface area contributed by atoms with Crippen LogP contribution in [-0.2, 0) is 9.53 Å². The number of nitrogens with one attached hydrogen (secondary N) is 2. The maximum atomic E-state index is 11.9. The second-order valence-corrected chi connectivity index (χ2v) is 4.84. The van der Waals surface area contributed by atoms with Gasteiger partial charge in [0.2, 0.25) is 5.91 Å². The quantitative estimate of drug-likeness (QED) is 0.796. The van der Waals surface area contributed by atoms with Crippen LogP contribution < -0.4 is 10.6 Å². The van der Waals surface area contributed by atoms with Crippen molar-refractivity contribution >= 4 is 18.3 Å². The van der Waals surface area contributed by atoms with E-state index in [0.29, 0.717) is 5.92 Å². The van der Waals surface area contributed by atoms with Crippen LogP contribution in [0.4, 0.5) is 0 Å². The number of hydrogen-bond acceptors (Lipinski definition) is 3. The minimum absolute atomic E-state index is 0. The Kier molecular flexibility index (Phi) is 6.85. The van der Waals surface area contributed by atoms with Crippen molar-refractivity contribution in [3.8, 4) is 0 Å². The van der Waals surface area contributed by atoms with Crippen LogP contribution in [0, 0.1) is 11.8 Å². The molecule has 0 aliphatic carbocycles. The fraction of sp³-hybridized carbons (Fsp3) is 0.917. The average molecular weight is 263 g/mol. The van der Waals surface area contributed by atoms with Crippen molar-refractivity contribution in [1.29, 1.82) is 0 Å². The number of piperidine rings is 1. The molecule has 1 unspecified atom stereocenters. The van der Waals surface area contributed by atoms with Gasteiger partial charge in [0.25, 0.3) is 0 Å². The van der Waals surface area contributed by atoms with Gasteiger partial charge in [-0.3, -0.25) is 4.79 Å². The van der Waals surface area contributed by atoms with Crippen LogP contribution in [0.3, 0.4) is 0 Å². The minimum Gasteiger partial charge on any atom is -0.381 e. The Bertz CT molecular complexity index is 227. The first-order valence-corrected chi connectivity index (χ1v) is 6.42. The van der Waals surface area contributed by atoms with Gasteiger partial charge in [-0.2, -0.15) is 0 Å². The van der Waals surface area contributed by atoms with Crippen LogP contribution >= 0.6 is 12.4 Å². The summed E-state index contributed by atoms with van der Waals surface area (Å²) in [4.78, 5) is 11.9. The molecule has 0 aromatic carbocycles. The Morgan fingerprint density at radius 2 is 2.06 bits per heavy atom. The Morgan fingerprint density at radius 3 is 2.71 bits per heavy atom. The Morgan fingerprint density at radius 1 is 1.29 bits per heavy atom. The third-order valence-electron chi connectivity index (χ3n) is 3.57. The van der Waals surface area contributed by atoms with Gasteiger partial charge in [-0.25, -0.2) is 0 Å². The van der Waals surface area contributed by atoms with E-state index in [0.717, 1.165) is 58.5 Å². The van der Waals surface area contributed by atoms with E-state index in [1.807, 2.05) is 0 Å². The molecule has 0 aromatic rings. The first kappa shape index (κ1) is 14.7. The van der Waals surface area contributed by atoms with Crippen LogP contribution in [0.5, 0.6) is 0 Å². The van der Waals surface area contributed by atoms with Gasteiger partial charge in [-0.05, 0) is 38.1 Å². The van der Waals surface area contributed by atoms with E-state index in [1.54, 1.807) is 0 Å². The standard InChI is InChI=1S/C12H22N2O2.ClH/c15-12(11-2-1-5-13-9-11)14-8-10-3-6-16-7-4-10;/h10-11,13H,1-9H2,(H,14,15);1H. The van der Waals surface area contributed by atoms with Gasteiger partial charge in [-0.15, -0.1) is 12.4 Å². The molecule has 0 aromatic heterocycles. The number of hydrogen-bond donors (Lipinski definition) is 2. The molecule has 17 heavy (non-hydrogen) atoms. The summed E-state index contributed by atoms with van der Waals surface area (Å²) in [5.41, 5.74) is 0. The summed E-state index contributed by atoms with van der Waals surface area (Å²) in [6.45, 7) is 4.44. The van der Waals surface area contributed by atoms with Gasteiger partial charge in [0, 0.05) is 26.3 Å². The molecule has 0 spiro atoms. The zero-order chi connectivity index (χ0) is 11.2. The molecule has 1 amide bonds. The van der Waals surface area contributed by atoms with Crippen molar-refractivity contribution in [2.75, 3.05) is 32.8 Å². The molecule has 4 nitrogen and oxygen atoms in total. The van der Waals surface area contributed by atoms with Crippen molar-refractivity contribution in [1.82, 2.24) is 10.6 Å². The van der Waals surface area contributed by atoms with E-state index in [4.69, 9.17) is 4.74 Å². The molecule has 5 heteroatoms. The molecule has 0 bridgehead atoms. The van der Waals surface area contributed by atoms with E-state index in [1.165, 1.54) is 0 Å². The van der Waals surface area contributed by atoms with E-state index in [-0.39, 0.29) is 24.2 Å². The van der Waals surface area contributed by atoms with E-state index in [2.05, 4.69) is 10.6 Å². The topological polar surface area (TPSA) is 50.4 Å². The summed E-state index contributed by atoms with van der Waals surface area (Å²) in [5.74, 6) is 1.04. The summed E-state index contributed by atoms with van der Waals surface area (Å²) in [6.07, 6.45) is 4.33. The van der Waals surface area contributed by atoms with Gasteiger partial charge < -0.3 is 15.4 Å². The second kappa shape index (κ2) is 7.90. The van der Waals surface area contributed by atoms with Gasteiger partial charge in [-0.1, -0.05) is 0 Å². The Balaban J connectivity index is 0.00000144. The lowest BCUT2D eigenvalue weighted by Gasteiger charge is -2.25. The van der Waals surface area contributed by atoms with Crippen molar-refractivity contribution in [3.63, 3.8) is 0 Å². The lowest BCUT2D eigenvalue weighted by atomic mass is 9.97. The Hall–Kier alpha value is -0.320. The highest BCUT2D eigenvalue weighted by atomic mass is 35.5. The van der Waals surface area contributed by atoms with Crippen LogP contribution in [0.2, 0.25) is 0 Å². The lowest BCUT2D eigenvalue weighted by molar-refractivity contribution is -0.125. The first-order chi connectivity index (χ1) is 7.86. The number of carbonyl (C=O) groups is 1. The highest BCUT2D eigenvalue weighted by Crippen LogP contribution is 2.14. The first-order valence-electron chi connectivity index (χ1n) is 6.42. The number of ether oxygens (including phenoxy) is 1. The molecule has 2 aliphatic heterocycles. The third-order valence-corrected chi connectivity index (χ3v) is 3.57. The van der Waals surface area contributed by atoms with Crippen molar-refractivity contribution in [2.24, 2.45) is 11.8 Å². The normalized spacial score (nSPS) is 26.0. The van der Waals surface area contributed by atoms with E-state index >= 15 is 0 Å². The smallest absolute Gasteiger partial charge is 0.224 e. The predicted molar refractivity (Wildman–Crippen MR) is 69.4 cm³/mol. The molecular weight excluding hydrogens is 240 g/mol. The summed E-state index contributed by atoms with van der Waals surface area (Å²) in [6, 6.07) is 0. The molecule has 2 N–H and O–H groups in total. The molecule has 2 fully saturated rings. The van der Waals surface area contributed by atoms with E-state index < -0.39 is 0 Å². The third kappa shape index (κ3) is 4.82. The van der Waals surface area contributed by atoms with Gasteiger partial charge in [0.05, 0.1) is 5.92 Å². The molecule has 0 radical (unpaired) electrons. The fourth-order valence-electron chi connectivity index (χ4n) is 2.42. The maximum Gasteiger partial charge on any atom is 0.224 e. The SMILES string of the molecule is Cl.O=C(NCC1CCOCC1)C1CCCNC1. The maximum absolute atomic E-state index is 11.9. The van der Waals surface area contributed by atoms with Crippen LogP contribution in [0.25, 0.3) is 0 Å². The largest absolute Gasteiger partial charge is 0.381 e. The minimum atomic E-state index is 0. The van der Waals surface area contributed by atoms with Crippen molar-refractivity contribution in [2.45, 2.75) is 25.7 Å². The lowest BCUT2D eigenvalue weighted by Crippen LogP contribution is -2.42. The summed E-state index contributed by atoms with van der Waals surface area (Å²) in [5, 5.41) is 6.36. The average Bonchev–Trinajstić information content (AvgIpc) is 2.38. The molecule has 2 aliphatic rings. The number of carbonyl (C=O) groups excluding carboxylic acids is 1. The molecule has 100 valence electrons. The monoisotopic (exact) mass is 262 g/mol. The highest BCUT2D eigenvalue weighted by molar-refractivity contribution is 5.85. The Labute approximate surface area is 109 Å². The van der Waals surface area contributed by atoms with Crippen LogP contribution in [0.1, 0.15) is 25.7 Å².